The van der Waals surface area contributed by atoms with E-state index in [2.05, 4.69) is 15.3 Å². The first-order valence-corrected chi connectivity index (χ1v) is 7.08. The van der Waals surface area contributed by atoms with Gasteiger partial charge in [-0.25, -0.2) is 9.97 Å². The summed E-state index contributed by atoms with van der Waals surface area (Å²) >= 11 is 0. The molecule has 0 spiro atoms. The van der Waals surface area contributed by atoms with Crippen molar-refractivity contribution < 1.29 is 14.6 Å². The zero-order valence-corrected chi connectivity index (χ0v) is 13.0. The van der Waals surface area contributed by atoms with Gasteiger partial charge in [0.1, 0.15) is 24.2 Å². The number of aryl methyl sites for hydroxylation is 2. The Hall–Kier alpha value is -2.34. The topological polar surface area (TPSA) is 76.5 Å². The van der Waals surface area contributed by atoms with Gasteiger partial charge in [-0.05, 0) is 32.0 Å². The van der Waals surface area contributed by atoms with Gasteiger partial charge in [-0.15, -0.1) is 0 Å². The van der Waals surface area contributed by atoms with Gasteiger partial charge >= 0.3 is 0 Å². The van der Waals surface area contributed by atoms with Crippen molar-refractivity contribution in [1.29, 1.82) is 0 Å². The minimum absolute atomic E-state index is 0.172. The van der Waals surface area contributed by atoms with E-state index in [0.29, 0.717) is 24.0 Å². The summed E-state index contributed by atoms with van der Waals surface area (Å²) in [5.41, 5.74) is 1.77. The van der Waals surface area contributed by atoms with E-state index in [4.69, 9.17) is 9.47 Å². The standard InChI is InChI=1S/C16H21N3O3/c1-11-7-12(2)19-16(18-11)17-9-13(20)10-22-15-6-4-5-14(8-15)21-3/h4-8,13,20H,9-10H2,1-3H3,(H,17,18,19)/t13-/m1/s1. The zero-order valence-electron chi connectivity index (χ0n) is 13.0. The summed E-state index contributed by atoms with van der Waals surface area (Å²) in [6, 6.07) is 9.15. The molecule has 22 heavy (non-hydrogen) atoms. The molecule has 0 saturated carbocycles. The lowest BCUT2D eigenvalue weighted by Crippen LogP contribution is -2.27. The van der Waals surface area contributed by atoms with Crippen molar-refractivity contribution in [1.82, 2.24) is 9.97 Å². The number of hydrogen-bond donors (Lipinski definition) is 2. The molecule has 1 heterocycles. The van der Waals surface area contributed by atoms with Crippen LogP contribution in [0.5, 0.6) is 11.5 Å². The first kappa shape index (κ1) is 16.0. The molecular weight excluding hydrogens is 282 g/mol. The van der Waals surface area contributed by atoms with Crippen molar-refractivity contribution in [2.24, 2.45) is 0 Å². The molecule has 0 unspecified atom stereocenters. The quantitative estimate of drug-likeness (QED) is 0.814. The Labute approximate surface area is 130 Å². The van der Waals surface area contributed by atoms with E-state index in [0.717, 1.165) is 11.4 Å². The highest BCUT2D eigenvalue weighted by molar-refractivity contribution is 5.33. The monoisotopic (exact) mass is 303 g/mol. The highest BCUT2D eigenvalue weighted by Gasteiger charge is 2.07. The summed E-state index contributed by atoms with van der Waals surface area (Å²) in [6.45, 7) is 4.29. The summed E-state index contributed by atoms with van der Waals surface area (Å²) in [5, 5.41) is 13.0. The molecule has 6 heteroatoms. The molecule has 0 saturated heterocycles. The maximum absolute atomic E-state index is 9.96. The fourth-order valence-corrected chi connectivity index (χ4v) is 1.96. The number of anilines is 1. The molecule has 1 aromatic heterocycles. The van der Waals surface area contributed by atoms with E-state index in [-0.39, 0.29) is 6.61 Å². The molecule has 0 aliphatic heterocycles. The van der Waals surface area contributed by atoms with Crippen LogP contribution in [-0.4, -0.2) is 41.4 Å². The number of aromatic nitrogens is 2. The fourth-order valence-electron chi connectivity index (χ4n) is 1.96. The molecule has 0 fully saturated rings. The molecule has 2 N–H and O–H groups in total. The minimum atomic E-state index is -0.671. The number of ether oxygens (including phenoxy) is 2. The molecule has 1 aromatic carbocycles. The van der Waals surface area contributed by atoms with E-state index in [9.17, 15) is 5.11 Å². The van der Waals surface area contributed by atoms with Gasteiger partial charge in [0.25, 0.3) is 0 Å². The molecule has 0 aliphatic carbocycles. The Balaban J connectivity index is 1.81. The largest absolute Gasteiger partial charge is 0.497 e. The zero-order chi connectivity index (χ0) is 15.9. The van der Waals surface area contributed by atoms with Crippen LogP contribution in [0.4, 0.5) is 5.95 Å². The minimum Gasteiger partial charge on any atom is -0.497 e. The Morgan fingerprint density at radius 3 is 2.50 bits per heavy atom. The lowest BCUT2D eigenvalue weighted by molar-refractivity contribution is 0.117. The van der Waals surface area contributed by atoms with Crippen LogP contribution in [0.3, 0.4) is 0 Å². The number of aliphatic hydroxyl groups is 1. The predicted molar refractivity (Wildman–Crippen MR) is 84.5 cm³/mol. The van der Waals surface area contributed by atoms with Crippen molar-refractivity contribution in [3.05, 3.63) is 41.7 Å². The second-order valence-corrected chi connectivity index (χ2v) is 5.00. The summed E-state index contributed by atoms with van der Waals surface area (Å²) < 4.78 is 10.7. The van der Waals surface area contributed by atoms with E-state index in [1.807, 2.05) is 38.1 Å². The van der Waals surface area contributed by atoms with Crippen molar-refractivity contribution in [2.75, 3.05) is 25.6 Å². The third-order valence-electron chi connectivity index (χ3n) is 2.96. The van der Waals surface area contributed by atoms with Crippen LogP contribution in [0.15, 0.2) is 30.3 Å². The van der Waals surface area contributed by atoms with Gasteiger partial charge in [-0.1, -0.05) is 6.07 Å². The second-order valence-electron chi connectivity index (χ2n) is 5.00. The first-order chi connectivity index (χ1) is 10.6. The number of rotatable bonds is 7. The van der Waals surface area contributed by atoms with Crippen LogP contribution in [0, 0.1) is 13.8 Å². The van der Waals surface area contributed by atoms with Crippen LogP contribution in [-0.2, 0) is 0 Å². The Morgan fingerprint density at radius 1 is 1.14 bits per heavy atom. The maximum atomic E-state index is 9.96. The third kappa shape index (κ3) is 4.89. The third-order valence-corrected chi connectivity index (χ3v) is 2.96. The van der Waals surface area contributed by atoms with E-state index < -0.39 is 6.10 Å². The second kappa shape index (κ2) is 7.61. The smallest absolute Gasteiger partial charge is 0.223 e. The average Bonchev–Trinajstić information content (AvgIpc) is 2.50. The molecule has 0 radical (unpaired) electrons. The van der Waals surface area contributed by atoms with Gasteiger partial charge in [0.2, 0.25) is 5.95 Å². The lowest BCUT2D eigenvalue weighted by atomic mass is 10.3. The van der Waals surface area contributed by atoms with Crippen molar-refractivity contribution in [2.45, 2.75) is 20.0 Å². The molecule has 6 nitrogen and oxygen atoms in total. The number of nitrogens with one attached hydrogen (secondary N) is 1. The van der Waals surface area contributed by atoms with E-state index >= 15 is 0 Å². The van der Waals surface area contributed by atoms with Crippen molar-refractivity contribution >= 4 is 5.95 Å². The molecule has 0 aliphatic rings. The average molecular weight is 303 g/mol. The first-order valence-electron chi connectivity index (χ1n) is 7.08. The molecule has 0 bridgehead atoms. The number of benzene rings is 1. The molecule has 2 rings (SSSR count). The SMILES string of the molecule is COc1cccc(OC[C@H](O)CNc2nc(C)cc(C)n2)c1. The van der Waals surface area contributed by atoms with E-state index in [1.165, 1.54) is 0 Å². The van der Waals surface area contributed by atoms with Crippen LogP contribution in [0.25, 0.3) is 0 Å². The number of methoxy groups -OCH3 is 1. The Bertz CT molecular complexity index is 599. The van der Waals surface area contributed by atoms with Gasteiger partial charge < -0.3 is 19.9 Å². The summed E-state index contributed by atoms with van der Waals surface area (Å²) in [4.78, 5) is 8.51. The van der Waals surface area contributed by atoms with Crippen LogP contribution < -0.4 is 14.8 Å². The number of aliphatic hydroxyl groups excluding tert-OH is 1. The summed E-state index contributed by atoms with van der Waals surface area (Å²) in [5.74, 6) is 1.88. The fraction of sp³-hybridized carbons (Fsp3) is 0.375. The Kier molecular flexibility index (Phi) is 5.55. The molecule has 118 valence electrons. The van der Waals surface area contributed by atoms with E-state index in [1.54, 1.807) is 13.2 Å². The lowest BCUT2D eigenvalue weighted by Gasteiger charge is -2.14. The molecule has 0 amide bonds. The summed E-state index contributed by atoms with van der Waals surface area (Å²) in [6.07, 6.45) is -0.671. The van der Waals surface area contributed by atoms with Crippen molar-refractivity contribution in [3.63, 3.8) is 0 Å². The van der Waals surface area contributed by atoms with Gasteiger partial charge in [0, 0.05) is 24.0 Å². The highest BCUT2D eigenvalue weighted by Crippen LogP contribution is 2.18. The van der Waals surface area contributed by atoms with Gasteiger partial charge in [-0.2, -0.15) is 0 Å². The number of hydrogen-bond acceptors (Lipinski definition) is 6. The van der Waals surface area contributed by atoms with Gasteiger partial charge in [-0.3, -0.25) is 0 Å². The number of nitrogens with zero attached hydrogens (tertiary/aromatic N) is 2. The van der Waals surface area contributed by atoms with Gasteiger partial charge in [0.15, 0.2) is 0 Å². The van der Waals surface area contributed by atoms with Crippen molar-refractivity contribution in [3.8, 4) is 11.5 Å². The van der Waals surface area contributed by atoms with Crippen LogP contribution in [0.2, 0.25) is 0 Å². The Morgan fingerprint density at radius 2 is 1.82 bits per heavy atom. The predicted octanol–water partition coefficient (Wildman–Crippen LogP) is 1.95. The van der Waals surface area contributed by atoms with Crippen LogP contribution >= 0.6 is 0 Å². The maximum Gasteiger partial charge on any atom is 0.223 e. The molecule has 1 atom stereocenters. The highest BCUT2D eigenvalue weighted by atomic mass is 16.5. The molecule has 2 aromatic rings. The summed E-state index contributed by atoms with van der Waals surface area (Å²) in [7, 11) is 1.60. The van der Waals surface area contributed by atoms with Gasteiger partial charge in [0.05, 0.1) is 7.11 Å². The van der Waals surface area contributed by atoms with Crippen LogP contribution in [0.1, 0.15) is 11.4 Å². The molecular formula is C16H21N3O3. The normalized spacial score (nSPS) is 11.8.